The van der Waals surface area contributed by atoms with Gasteiger partial charge in [0.15, 0.2) is 0 Å². The molecule has 2 aromatic heterocycles. The van der Waals surface area contributed by atoms with Crippen LogP contribution in [0, 0.1) is 5.41 Å². The molecule has 0 aliphatic heterocycles. The third-order valence-corrected chi connectivity index (χ3v) is 6.93. The highest BCUT2D eigenvalue weighted by Gasteiger charge is 2.43. The number of esters is 1. The van der Waals surface area contributed by atoms with Gasteiger partial charge in [-0.1, -0.05) is 49.2 Å². The Labute approximate surface area is 173 Å². The highest BCUT2D eigenvalue weighted by molar-refractivity contribution is 7.18. The molecule has 5 heteroatoms. The maximum absolute atomic E-state index is 13.2. The summed E-state index contributed by atoms with van der Waals surface area (Å²) in [6.07, 6.45) is 6.31. The normalized spacial score (nSPS) is 15.7. The van der Waals surface area contributed by atoms with Crippen LogP contribution in [0.2, 0.25) is 0 Å². The summed E-state index contributed by atoms with van der Waals surface area (Å²) in [5, 5.41) is 2.09. The largest absolute Gasteiger partial charge is 0.460 e. The number of aromatic nitrogens is 2. The molecule has 0 saturated heterocycles. The summed E-state index contributed by atoms with van der Waals surface area (Å²) in [7, 11) is 0. The van der Waals surface area contributed by atoms with E-state index < -0.39 is 5.41 Å². The molecule has 0 spiro atoms. The second-order valence-corrected chi connectivity index (χ2v) is 8.92. The Balaban J connectivity index is 1.37. The third kappa shape index (κ3) is 3.51. The van der Waals surface area contributed by atoms with Gasteiger partial charge in [0.2, 0.25) is 0 Å². The molecule has 0 unspecified atom stereocenters. The first-order valence-electron chi connectivity index (χ1n) is 10.1. The summed E-state index contributed by atoms with van der Waals surface area (Å²) in [6, 6.07) is 18.1. The van der Waals surface area contributed by atoms with Crippen molar-refractivity contribution < 1.29 is 9.53 Å². The third-order valence-electron chi connectivity index (χ3n) is 5.90. The number of rotatable bonds is 5. The van der Waals surface area contributed by atoms with Gasteiger partial charge in [0.25, 0.3) is 0 Å². The van der Waals surface area contributed by atoms with E-state index in [1.54, 1.807) is 17.5 Å². The van der Waals surface area contributed by atoms with E-state index in [2.05, 4.69) is 11.1 Å². The van der Waals surface area contributed by atoms with Gasteiger partial charge in [0.05, 0.1) is 26.2 Å². The van der Waals surface area contributed by atoms with Gasteiger partial charge in [0.1, 0.15) is 6.61 Å². The van der Waals surface area contributed by atoms with Gasteiger partial charge in [-0.15, -0.1) is 11.3 Å². The van der Waals surface area contributed by atoms with Crippen molar-refractivity contribution in [1.82, 2.24) is 9.97 Å². The molecule has 1 aliphatic rings. The fraction of sp³-hybridized carbons (Fsp3) is 0.292. The zero-order chi connectivity index (χ0) is 19.7. The van der Waals surface area contributed by atoms with E-state index in [0.717, 1.165) is 52.7 Å². The van der Waals surface area contributed by atoms with E-state index in [0.29, 0.717) is 6.42 Å². The average Bonchev–Trinajstić information content (AvgIpc) is 3.39. The predicted molar refractivity (Wildman–Crippen MR) is 116 cm³/mol. The Morgan fingerprint density at radius 3 is 2.72 bits per heavy atom. The van der Waals surface area contributed by atoms with Crippen molar-refractivity contribution in [2.24, 2.45) is 5.41 Å². The van der Waals surface area contributed by atoms with Gasteiger partial charge < -0.3 is 4.74 Å². The Morgan fingerprint density at radius 2 is 1.86 bits per heavy atom. The fourth-order valence-corrected chi connectivity index (χ4v) is 5.48. The van der Waals surface area contributed by atoms with Gasteiger partial charge in [-0.25, -0.2) is 4.98 Å². The molecule has 0 radical (unpaired) electrons. The van der Waals surface area contributed by atoms with E-state index in [1.165, 1.54) is 4.70 Å². The molecule has 0 atom stereocenters. The number of carbonyl (C=O) groups excluding carboxylic acids is 1. The Hall–Kier alpha value is -2.79. The van der Waals surface area contributed by atoms with Crippen LogP contribution in [0.1, 0.15) is 36.3 Å². The minimum absolute atomic E-state index is 0.0952. The first-order chi connectivity index (χ1) is 14.2. The number of hydrogen-bond donors (Lipinski definition) is 0. The molecule has 1 saturated carbocycles. The lowest BCUT2D eigenvalue weighted by Gasteiger charge is -2.25. The molecule has 5 rings (SSSR count). The molecule has 29 heavy (non-hydrogen) atoms. The summed E-state index contributed by atoms with van der Waals surface area (Å²) in [5.41, 5.74) is 2.40. The molecule has 146 valence electrons. The van der Waals surface area contributed by atoms with Crippen LogP contribution in [-0.2, 0) is 22.6 Å². The van der Waals surface area contributed by atoms with E-state index in [9.17, 15) is 4.79 Å². The number of nitrogens with zero attached hydrogens (tertiary/aromatic N) is 2. The lowest BCUT2D eigenvalue weighted by Crippen LogP contribution is -2.32. The van der Waals surface area contributed by atoms with Gasteiger partial charge in [-0.05, 0) is 31.0 Å². The van der Waals surface area contributed by atoms with E-state index in [-0.39, 0.29) is 12.6 Å². The average molecular weight is 403 g/mol. The highest BCUT2D eigenvalue weighted by Crippen LogP contribution is 2.43. The quantitative estimate of drug-likeness (QED) is 0.402. The van der Waals surface area contributed by atoms with Crippen LogP contribution in [0.4, 0.5) is 0 Å². The van der Waals surface area contributed by atoms with Crippen molar-refractivity contribution in [3.8, 4) is 0 Å². The summed E-state index contributed by atoms with van der Waals surface area (Å²) in [5.74, 6) is -0.0952. The Bertz CT molecular complexity index is 1140. The number of fused-ring (bicyclic) bond motifs is 2. The second kappa shape index (κ2) is 7.56. The fourth-order valence-electron chi connectivity index (χ4n) is 4.37. The van der Waals surface area contributed by atoms with Crippen LogP contribution in [-0.4, -0.2) is 15.9 Å². The number of pyridine rings is 1. The van der Waals surface area contributed by atoms with Gasteiger partial charge >= 0.3 is 5.97 Å². The molecule has 0 amide bonds. The number of ether oxygens (including phenoxy) is 1. The van der Waals surface area contributed by atoms with E-state index in [4.69, 9.17) is 9.72 Å². The van der Waals surface area contributed by atoms with Crippen LogP contribution in [0.15, 0.2) is 60.8 Å². The number of thiazole rings is 1. The van der Waals surface area contributed by atoms with E-state index >= 15 is 0 Å². The zero-order valence-corrected chi connectivity index (χ0v) is 17.0. The molecule has 2 heterocycles. The lowest BCUT2D eigenvalue weighted by molar-refractivity contribution is -0.157. The van der Waals surface area contributed by atoms with Crippen molar-refractivity contribution in [3.63, 3.8) is 0 Å². The van der Waals surface area contributed by atoms with Crippen molar-refractivity contribution in [1.29, 1.82) is 0 Å². The summed E-state index contributed by atoms with van der Waals surface area (Å²) in [4.78, 5) is 22.5. The van der Waals surface area contributed by atoms with Crippen LogP contribution < -0.4 is 0 Å². The first kappa shape index (κ1) is 18.3. The summed E-state index contributed by atoms with van der Waals surface area (Å²) >= 11 is 1.69. The van der Waals surface area contributed by atoms with Gasteiger partial charge in [-0.3, -0.25) is 9.78 Å². The summed E-state index contributed by atoms with van der Waals surface area (Å²) < 4.78 is 7.04. The monoisotopic (exact) mass is 402 g/mol. The maximum atomic E-state index is 13.2. The predicted octanol–water partition coefficient (Wildman–Crippen LogP) is 5.69. The van der Waals surface area contributed by atoms with Crippen molar-refractivity contribution in [2.75, 3.05) is 0 Å². The van der Waals surface area contributed by atoms with Crippen LogP contribution in [0.5, 0.6) is 0 Å². The van der Waals surface area contributed by atoms with Gasteiger partial charge in [-0.2, -0.15) is 0 Å². The minimum Gasteiger partial charge on any atom is -0.460 e. The summed E-state index contributed by atoms with van der Waals surface area (Å²) in [6.45, 7) is 0.259. The van der Waals surface area contributed by atoms with Crippen molar-refractivity contribution in [3.05, 3.63) is 71.4 Å². The Kier molecular flexibility index (Phi) is 4.76. The molecule has 4 aromatic rings. The van der Waals surface area contributed by atoms with Crippen LogP contribution >= 0.6 is 11.3 Å². The van der Waals surface area contributed by atoms with Crippen molar-refractivity contribution >= 4 is 38.4 Å². The SMILES string of the molecule is O=C(OCc1cccc2cccnc12)C1(Cc2nc3ccccc3s2)CCCC1. The lowest BCUT2D eigenvalue weighted by atomic mass is 9.83. The molecule has 2 aromatic carbocycles. The van der Waals surface area contributed by atoms with Crippen molar-refractivity contribution in [2.45, 2.75) is 38.7 Å². The minimum atomic E-state index is -0.452. The molecule has 1 fully saturated rings. The van der Waals surface area contributed by atoms with E-state index in [1.807, 2.05) is 48.5 Å². The number of hydrogen-bond acceptors (Lipinski definition) is 5. The molecular weight excluding hydrogens is 380 g/mol. The first-order valence-corrected chi connectivity index (χ1v) is 10.9. The zero-order valence-electron chi connectivity index (χ0n) is 16.1. The standard InChI is InChI=1S/C24H22N2O2S/c27-23(28-16-18-8-5-7-17-9-6-14-25-22(17)18)24(12-3-4-13-24)15-21-26-19-10-1-2-11-20(19)29-21/h1-2,5-11,14H,3-4,12-13,15-16H2. The molecule has 0 N–H and O–H groups in total. The molecule has 0 bridgehead atoms. The van der Waals surface area contributed by atoms with Crippen LogP contribution in [0.3, 0.4) is 0 Å². The number of para-hydroxylation sites is 2. The molecular formula is C24H22N2O2S. The number of carbonyl (C=O) groups is 1. The Morgan fingerprint density at radius 1 is 1.03 bits per heavy atom. The smallest absolute Gasteiger partial charge is 0.312 e. The highest BCUT2D eigenvalue weighted by atomic mass is 32.1. The maximum Gasteiger partial charge on any atom is 0.312 e. The number of benzene rings is 2. The molecule has 4 nitrogen and oxygen atoms in total. The molecule has 1 aliphatic carbocycles. The van der Waals surface area contributed by atoms with Crippen LogP contribution in [0.25, 0.3) is 21.1 Å². The van der Waals surface area contributed by atoms with Gasteiger partial charge in [0, 0.05) is 23.6 Å². The second-order valence-electron chi connectivity index (χ2n) is 7.81. The topological polar surface area (TPSA) is 52.1 Å².